The lowest BCUT2D eigenvalue weighted by Crippen LogP contribution is -2.37. The number of hydrogen-bond acceptors (Lipinski definition) is 2. The second-order valence-corrected chi connectivity index (χ2v) is 5.65. The summed E-state index contributed by atoms with van der Waals surface area (Å²) in [6.45, 7) is 1.91. The maximum Gasteiger partial charge on any atom is 0.226 e. The van der Waals surface area contributed by atoms with Gasteiger partial charge >= 0.3 is 0 Å². The zero-order chi connectivity index (χ0) is 17.0. The van der Waals surface area contributed by atoms with Crippen LogP contribution in [0, 0.1) is 11.6 Å². The van der Waals surface area contributed by atoms with Crippen LogP contribution in [0.3, 0.4) is 0 Å². The summed E-state index contributed by atoms with van der Waals surface area (Å²) in [5.74, 6) is -1.84. The van der Waals surface area contributed by atoms with Crippen molar-refractivity contribution in [3.63, 3.8) is 0 Å². The van der Waals surface area contributed by atoms with E-state index >= 15 is 0 Å². The van der Waals surface area contributed by atoms with Crippen LogP contribution < -0.4 is 0 Å². The predicted octanol–water partition coefficient (Wildman–Crippen LogP) is 3.30. The van der Waals surface area contributed by atoms with Gasteiger partial charge in [0.2, 0.25) is 5.91 Å². The Balaban J connectivity index is 1.97. The van der Waals surface area contributed by atoms with E-state index in [2.05, 4.69) is 0 Å². The Kier molecular flexibility index (Phi) is 5.32. The van der Waals surface area contributed by atoms with Gasteiger partial charge in [0.15, 0.2) is 11.6 Å². The van der Waals surface area contributed by atoms with Crippen molar-refractivity contribution in [1.82, 2.24) is 4.90 Å². The van der Waals surface area contributed by atoms with E-state index in [1.165, 1.54) is 6.07 Å². The van der Waals surface area contributed by atoms with Gasteiger partial charge in [-0.3, -0.25) is 4.79 Å². The van der Waals surface area contributed by atoms with Gasteiger partial charge in [0, 0.05) is 13.1 Å². The standard InChI is InChI=1S/C18H19F2NO2/c1-12(9-13-3-6-15(22)7-4-13)21(2)18(23)11-14-5-8-16(19)17(20)10-14/h3-8,10,12,22H,9,11H2,1-2H3/t12-/m0/s1. The third-order valence-corrected chi connectivity index (χ3v) is 3.86. The fourth-order valence-electron chi connectivity index (χ4n) is 2.30. The maximum absolute atomic E-state index is 13.2. The Morgan fingerprint density at radius 3 is 2.30 bits per heavy atom. The molecule has 122 valence electrons. The highest BCUT2D eigenvalue weighted by Gasteiger charge is 2.17. The fourth-order valence-corrected chi connectivity index (χ4v) is 2.30. The van der Waals surface area contributed by atoms with Crippen LogP contribution in [0.5, 0.6) is 5.75 Å². The smallest absolute Gasteiger partial charge is 0.226 e. The molecular formula is C18H19F2NO2. The number of phenols is 1. The molecule has 23 heavy (non-hydrogen) atoms. The first kappa shape index (κ1) is 16.9. The molecule has 1 N–H and O–H groups in total. The third-order valence-electron chi connectivity index (χ3n) is 3.86. The van der Waals surface area contributed by atoms with Gasteiger partial charge in [0.25, 0.3) is 0 Å². The van der Waals surface area contributed by atoms with Gasteiger partial charge in [-0.1, -0.05) is 18.2 Å². The number of aromatic hydroxyl groups is 1. The molecule has 0 aliphatic carbocycles. The lowest BCUT2D eigenvalue weighted by molar-refractivity contribution is -0.130. The van der Waals surface area contributed by atoms with Crippen molar-refractivity contribution in [3.05, 3.63) is 65.2 Å². The highest BCUT2D eigenvalue weighted by atomic mass is 19.2. The Morgan fingerprint density at radius 1 is 1.09 bits per heavy atom. The van der Waals surface area contributed by atoms with Crippen LogP contribution in [-0.2, 0) is 17.6 Å². The second-order valence-electron chi connectivity index (χ2n) is 5.65. The zero-order valence-electron chi connectivity index (χ0n) is 13.1. The first-order valence-electron chi connectivity index (χ1n) is 7.34. The Hall–Kier alpha value is -2.43. The van der Waals surface area contributed by atoms with Gasteiger partial charge < -0.3 is 10.0 Å². The van der Waals surface area contributed by atoms with Crippen LogP contribution >= 0.6 is 0 Å². The molecule has 0 bridgehead atoms. The highest BCUT2D eigenvalue weighted by molar-refractivity contribution is 5.78. The van der Waals surface area contributed by atoms with Crippen LogP contribution in [0.25, 0.3) is 0 Å². The van der Waals surface area contributed by atoms with E-state index < -0.39 is 11.6 Å². The van der Waals surface area contributed by atoms with Crippen LogP contribution in [0.4, 0.5) is 8.78 Å². The number of halogens is 2. The summed E-state index contributed by atoms with van der Waals surface area (Å²) >= 11 is 0. The highest BCUT2D eigenvalue weighted by Crippen LogP contribution is 2.15. The van der Waals surface area contributed by atoms with Crippen LogP contribution in [-0.4, -0.2) is 29.0 Å². The molecule has 0 aliphatic heterocycles. The van der Waals surface area contributed by atoms with E-state index in [9.17, 15) is 18.7 Å². The van der Waals surface area contributed by atoms with Crippen molar-refractivity contribution in [2.45, 2.75) is 25.8 Å². The van der Waals surface area contributed by atoms with Gasteiger partial charge in [-0.25, -0.2) is 8.78 Å². The normalized spacial score (nSPS) is 12.0. The maximum atomic E-state index is 13.2. The van der Waals surface area contributed by atoms with Crippen molar-refractivity contribution in [2.24, 2.45) is 0 Å². The molecule has 0 spiro atoms. The summed E-state index contributed by atoms with van der Waals surface area (Å²) in [6.07, 6.45) is 0.661. The lowest BCUT2D eigenvalue weighted by atomic mass is 10.0. The van der Waals surface area contributed by atoms with Crippen LogP contribution in [0.1, 0.15) is 18.1 Å². The molecule has 0 saturated carbocycles. The number of hydrogen-bond donors (Lipinski definition) is 1. The Labute approximate surface area is 134 Å². The van der Waals surface area contributed by atoms with E-state index in [1.54, 1.807) is 36.2 Å². The minimum atomic E-state index is -0.949. The predicted molar refractivity (Wildman–Crippen MR) is 84.1 cm³/mol. The first-order valence-corrected chi connectivity index (χ1v) is 7.34. The third kappa shape index (κ3) is 4.52. The Bertz CT molecular complexity index is 686. The van der Waals surface area contributed by atoms with Gasteiger partial charge in [0.05, 0.1) is 6.42 Å². The number of phenolic OH excluding ortho intramolecular Hbond substituents is 1. The van der Waals surface area contributed by atoms with Gasteiger partial charge in [-0.05, 0) is 48.7 Å². The summed E-state index contributed by atoms with van der Waals surface area (Å²) in [4.78, 5) is 13.9. The molecule has 2 aromatic rings. The molecule has 0 saturated heterocycles. The summed E-state index contributed by atoms with van der Waals surface area (Å²) in [5, 5.41) is 9.27. The van der Waals surface area contributed by atoms with E-state index in [1.807, 2.05) is 6.92 Å². The summed E-state index contributed by atoms with van der Waals surface area (Å²) in [6, 6.07) is 10.2. The largest absolute Gasteiger partial charge is 0.508 e. The van der Waals surface area contributed by atoms with Crippen molar-refractivity contribution in [2.75, 3.05) is 7.05 Å². The molecular weight excluding hydrogens is 300 g/mol. The average Bonchev–Trinajstić information content (AvgIpc) is 2.52. The molecule has 0 unspecified atom stereocenters. The number of rotatable bonds is 5. The van der Waals surface area contributed by atoms with E-state index in [4.69, 9.17) is 0 Å². The molecule has 2 rings (SSSR count). The van der Waals surface area contributed by atoms with E-state index in [0.717, 1.165) is 17.7 Å². The molecule has 2 aromatic carbocycles. The van der Waals surface area contributed by atoms with Gasteiger partial charge in [-0.2, -0.15) is 0 Å². The average molecular weight is 319 g/mol. The Morgan fingerprint density at radius 2 is 1.70 bits per heavy atom. The minimum absolute atomic E-state index is 0.0214. The van der Waals surface area contributed by atoms with Crippen LogP contribution in [0.15, 0.2) is 42.5 Å². The lowest BCUT2D eigenvalue weighted by Gasteiger charge is -2.25. The summed E-state index contributed by atoms with van der Waals surface area (Å²) in [5.41, 5.74) is 1.44. The van der Waals surface area contributed by atoms with Crippen molar-refractivity contribution >= 4 is 5.91 Å². The number of carbonyl (C=O) groups excluding carboxylic acids is 1. The number of likely N-dealkylation sites (N-methyl/N-ethyl adjacent to an activating group) is 1. The minimum Gasteiger partial charge on any atom is -0.508 e. The van der Waals surface area contributed by atoms with Crippen molar-refractivity contribution < 1.29 is 18.7 Å². The van der Waals surface area contributed by atoms with Crippen LogP contribution in [0.2, 0.25) is 0 Å². The van der Waals surface area contributed by atoms with Crippen molar-refractivity contribution in [1.29, 1.82) is 0 Å². The molecule has 5 heteroatoms. The topological polar surface area (TPSA) is 40.5 Å². The quantitative estimate of drug-likeness (QED) is 0.918. The molecule has 0 fully saturated rings. The van der Waals surface area contributed by atoms with Crippen molar-refractivity contribution in [3.8, 4) is 5.75 Å². The molecule has 0 aromatic heterocycles. The molecule has 0 aliphatic rings. The van der Waals surface area contributed by atoms with E-state index in [0.29, 0.717) is 12.0 Å². The number of amides is 1. The van der Waals surface area contributed by atoms with Gasteiger partial charge in [0.1, 0.15) is 5.75 Å². The summed E-state index contributed by atoms with van der Waals surface area (Å²) < 4.78 is 26.1. The second kappa shape index (κ2) is 7.22. The molecule has 1 amide bonds. The first-order chi connectivity index (χ1) is 10.9. The number of nitrogens with zero attached hydrogens (tertiary/aromatic N) is 1. The SMILES string of the molecule is C[C@@H](Cc1ccc(O)cc1)N(C)C(=O)Cc1ccc(F)c(F)c1. The number of benzene rings is 2. The molecule has 3 nitrogen and oxygen atoms in total. The summed E-state index contributed by atoms with van der Waals surface area (Å²) in [7, 11) is 1.69. The monoisotopic (exact) mass is 319 g/mol. The number of carbonyl (C=O) groups is 1. The molecule has 0 radical (unpaired) electrons. The fraction of sp³-hybridized carbons (Fsp3) is 0.278. The molecule has 1 atom stereocenters. The van der Waals surface area contributed by atoms with Gasteiger partial charge in [-0.15, -0.1) is 0 Å². The van der Waals surface area contributed by atoms with E-state index in [-0.39, 0.29) is 24.1 Å². The molecule has 0 heterocycles. The zero-order valence-corrected chi connectivity index (χ0v) is 13.1.